The zero-order valence-corrected chi connectivity index (χ0v) is 10.1. The summed E-state index contributed by atoms with van der Waals surface area (Å²) in [6, 6.07) is 3.35. The zero-order valence-electron chi connectivity index (χ0n) is 10.1. The standard InChI is InChI=1S/C13H18N2O2/c1-2-17-13(16)12(15-8-10-5-6-10)11-4-3-7-14-9-11/h3-4,7,9-10,12,15H,2,5-6,8H2,1H3. The van der Waals surface area contributed by atoms with Gasteiger partial charge in [0.2, 0.25) is 0 Å². The number of hydrogen-bond acceptors (Lipinski definition) is 4. The van der Waals surface area contributed by atoms with Gasteiger partial charge in [-0.2, -0.15) is 0 Å². The zero-order chi connectivity index (χ0) is 12.1. The summed E-state index contributed by atoms with van der Waals surface area (Å²) in [5.41, 5.74) is 0.867. The summed E-state index contributed by atoms with van der Waals surface area (Å²) in [6.07, 6.45) is 5.93. The fraction of sp³-hybridized carbons (Fsp3) is 0.538. The molecule has 1 fully saturated rings. The second kappa shape index (κ2) is 5.77. The van der Waals surface area contributed by atoms with E-state index in [4.69, 9.17) is 4.74 Å². The van der Waals surface area contributed by atoms with E-state index >= 15 is 0 Å². The lowest BCUT2D eigenvalue weighted by atomic mass is 10.1. The van der Waals surface area contributed by atoms with E-state index in [1.807, 2.05) is 19.1 Å². The molecule has 92 valence electrons. The maximum absolute atomic E-state index is 11.9. The van der Waals surface area contributed by atoms with E-state index < -0.39 is 0 Å². The van der Waals surface area contributed by atoms with Crippen molar-refractivity contribution >= 4 is 5.97 Å². The van der Waals surface area contributed by atoms with Crippen LogP contribution in [-0.2, 0) is 9.53 Å². The van der Waals surface area contributed by atoms with Crippen molar-refractivity contribution in [1.29, 1.82) is 0 Å². The summed E-state index contributed by atoms with van der Waals surface area (Å²) < 4.78 is 5.08. The molecule has 0 bridgehead atoms. The van der Waals surface area contributed by atoms with E-state index in [1.54, 1.807) is 12.4 Å². The Kier molecular flexibility index (Phi) is 4.09. The Balaban J connectivity index is 2.02. The predicted octanol–water partition coefficient (Wildman–Crippen LogP) is 1.69. The van der Waals surface area contributed by atoms with Crippen LogP contribution in [0, 0.1) is 5.92 Å². The largest absolute Gasteiger partial charge is 0.465 e. The number of carbonyl (C=O) groups is 1. The van der Waals surface area contributed by atoms with Crippen LogP contribution in [0.25, 0.3) is 0 Å². The molecule has 0 aromatic carbocycles. The van der Waals surface area contributed by atoms with E-state index in [0.29, 0.717) is 6.61 Å². The van der Waals surface area contributed by atoms with Crippen molar-refractivity contribution in [3.63, 3.8) is 0 Å². The summed E-state index contributed by atoms with van der Waals surface area (Å²) in [4.78, 5) is 15.9. The number of carbonyl (C=O) groups excluding carboxylic acids is 1. The first kappa shape index (κ1) is 12.0. The third kappa shape index (κ3) is 3.53. The van der Waals surface area contributed by atoms with Crippen molar-refractivity contribution in [1.82, 2.24) is 10.3 Å². The number of aromatic nitrogens is 1. The molecule has 2 rings (SSSR count). The van der Waals surface area contributed by atoms with Crippen molar-refractivity contribution in [3.05, 3.63) is 30.1 Å². The lowest BCUT2D eigenvalue weighted by molar-refractivity contribution is -0.145. The number of pyridine rings is 1. The molecule has 1 unspecified atom stereocenters. The first-order chi connectivity index (χ1) is 8.31. The average molecular weight is 234 g/mol. The van der Waals surface area contributed by atoms with Crippen LogP contribution < -0.4 is 5.32 Å². The molecule has 0 aliphatic heterocycles. The summed E-state index contributed by atoms with van der Waals surface area (Å²) in [7, 11) is 0. The van der Waals surface area contributed by atoms with Gasteiger partial charge in [0, 0.05) is 12.4 Å². The summed E-state index contributed by atoms with van der Waals surface area (Å²) in [5, 5.41) is 3.27. The van der Waals surface area contributed by atoms with Gasteiger partial charge in [-0.25, -0.2) is 4.79 Å². The monoisotopic (exact) mass is 234 g/mol. The number of hydrogen-bond donors (Lipinski definition) is 1. The summed E-state index contributed by atoms with van der Waals surface area (Å²) >= 11 is 0. The van der Waals surface area contributed by atoms with Crippen LogP contribution in [0.2, 0.25) is 0 Å². The Hall–Kier alpha value is -1.42. The number of nitrogens with zero attached hydrogens (tertiary/aromatic N) is 1. The Morgan fingerprint density at radius 2 is 2.47 bits per heavy atom. The van der Waals surface area contributed by atoms with Gasteiger partial charge in [-0.05, 0) is 43.9 Å². The topological polar surface area (TPSA) is 51.2 Å². The summed E-state index contributed by atoms with van der Waals surface area (Å²) in [5.74, 6) is 0.504. The number of esters is 1. The number of ether oxygens (including phenoxy) is 1. The predicted molar refractivity (Wildman–Crippen MR) is 64.3 cm³/mol. The first-order valence-corrected chi connectivity index (χ1v) is 6.11. The molecule has 1 N–H and O–H groups in total. The van der Waals surface area contributed by atoms with Crippen LogP contribution in [0.4, 0.5) is 0 Å². The molecule has 4 nitrogen and oxygen atoms in total. The average Bonchev–Trinajstić information content (AvgIpc) is 3.15. The van der Waals surface area contributed by atoms with Gasteiger partial charge in [-0.3, -0.25) is 4.98 Å². The van der Waals surface area contributed by atoms with Crippen LogP contribution in [0.1, 0.15) is 31.4 Å². The maximum atomic E-state index is 11.9. The minimum absolute atomic E-state index is 0.221. The van der Waals surface area contributed by atoms with Gasteiger partial charge in [-0.15, -0.1) is 0 Å². The highest BCUT2D eigenvalue weighted by molar-refractivity contribution is 5.77. The molecule has 0 radical (unpaired) electrons. The van der Waals surface area contributed by atoms with E-state index in [-0.39, 0.29) is 12.0 Å². The van der Waals surface area contributed by atoms with Crippen LogP contribution in [-0.4, -0.2) is 24.1 Å². The van der Waals surface area contributed by atoms with E-state index in [2.05, 4.69) is 10.3 Å². The van der Waals surface area contributed by atoms with Crippen molar-refractivity contribution in [2.75, 3.05) is 13.2 Å². The number of nitrogens with one attached hydrogen (secondary N) is 1. The molecule has 17 heavy (non-hydrogen) atoms. The molecular formula is C13H18N2O2. The first-order valence-electron chi connectivity index (χ1n) is 6.11. The fourth-order valence-electron chi connectivity index (χ4n) is 1.72. The Morgan fingerprint density at radius 3 is 3.06 bits per heavy atom. The smallest absolute Gasteiger partial charge is 0.327 e. The lowest BCUT2D eigenvalue weighted by Gasteiger charge is -2.17. The van der Waals surface area contributed by atoms with Gasteiger partial charge in [0.25, 0.3) is 0 Å². The Morgan fingerprint density at radius 1 is 1.65 bits per heavy atom. The van der Waals surface area contributed by atoms with E-state index in [1.165, 1.54) is 12.8 Å². The third-order valence-electron chi connectivity index (χ3n) is 2.85. The van der Waals surface area contributed by atoms with Gasteiger partial charge >= 0.3 is 5.97 Å². The second-order valence-corrected chi connectivity index (χ2v) is 4.32. The highest BCUT2D eigenvalue weighted by Gasteiger charge is 2.26. The van der Waals surface area contributed by atoms with Crippen LogP contribution in [0.15, 0.2) is 24.5 Å². The molecule has 0 saturated heterocycles. The van der Waals surface area contributed by atoms with Crippen molar-refractivity contribution < 1.29 is 9.53 Å². The SMILES string of the molecule is CCOC(=O)C(NCC1CC1)c1cccnc1. The highest BCUT2D eigenvalue weighted by atomic mass is 16.5. The van der Waals surface area contributed by atoms with Crippen molar-refractivity contribution in [3.8, 4) is 0 Å². The highest BCUT2D eigenvalue weighted by Crippen LogP contribution is 2.28. The van der Waals surface area contributed by atoms with Gasteiger partial charge in [-0.1, -0.05) is 6.07 Å². The van der Waals surface area contributed by atoms with Gasteiger partial charge in [0.1, 0.15) is 6.04 Å². The van der Waals surface area contributed by atoms with Gasteiger partial charge < -0.3 is 10.1 Å². The summed E-state index contributed by atoms with van der Waals surface area (Å²) in [6.45, 7) is 3.10. The maximum Gasteiger partial charge on any atom is 0.327 e. The molecule has 4 heteroatoms. The van der Waals surface area contributed by atoms with E-state index in [0.717, 1.165) is 18.0 Å². The lowest BCUT2D eigenvalue weighted by Crippen LogP contribution is -2.31. The molecule has 1 heterocycles. The number of rotatable bonds is 6. The minimum atomic E-state index is -0.385. The Labute approximate surface area is 101 Å². The Bertz CT molecular complexity index is 363. The minimum Gasteiger partial charge on any atom is -0.465 e. The van der Waals surface area contributed by atoms with Crippen LogP contribution in [0.3, 0.4) is 0 Å². The van der Waals surface area contributed by atoms with E-state index in [9.17, 15) is 4.79 Å². The molecule has 1 saturated carbocycles. The molecular weight excluding hydrogens is 216 g/mol. The quantitative estimate of drug-likeness (QED) is 0.761. The molecule has 1 atom stereocenters. The van der Waals surface area contributed by atoms with Gasteiger partial charge in [0.15, 0.2) is 0 Å². The fourth-order valence-corrected chi connectivity index (χ4v) is 1.72. The normalized spacial score (nSPS) is 16.5. The molecule has 0 amide bonds. The molecule has 1 aromatic heterocycles. The van der Waals surface area contributed by atoms with Crippen molar-refractivity contribution in [2.45, 2.75) is 25.8 Å². The third-order valence-corrected chi connectivity index (χ3v) is 2.85. The van der Waals surface area contributed by atoms with Gasteiger partial charge in [0.05, 0.1) is 6.61 Å². The molecule has 1 aromatic rings. The van der Waals surface area contributed by atoms with Crippen LogP contribution >= 0.6 is 0 Å². The molecule has 0 spiro atoms. The second-order valence-electron chi connectivity index (χ2n) is 4.32. The van der Waals surface area contributed by atoms with Crippen molar-refractivity contribution in [2.24, 2.45) is 5.92 Å². The van der Waals surface area contributed by atoms with Crippen LogP contribution in [0.5, 0.6) is 0 Å². The molecule has 1 aliphatic rings. The molecule has 1 aliphatic carbocycles.